The smallest absolute Gasteiger partial charge is 0.338 e. The summed E-state index contributed by atoms with van der Waals surface area (Å²) in [6.45, 7) is -0.0769. The Bertz CT molecular complexity index is 806. The number of carbonyl (C=O) groups excluding carboxylic acids is 1. The fraction of sp³-hybridized carbons (Fsp3) is 0.0714. The van der Waals surface area contributed by atoms with Gasteiger partial charge < -0.3 is 4.74 Å². The second-order valence-corrected chi connectivity index (χ2v) is 6.33. The normalized spacial score (nSPS) is 11.2. The molecular weight excluding hydrogens is 333 g/mol. The van der Waals surface area contributed by atoms with Crippen molar-refractivity contribution in [2.75, 3.05) is 0 Å². The molecule has 0 aliphatic carbocycles. The molecule has 0 bridgehead atoms. The molecular formula is C14H11ClFNO4S. The quantitative estimate of drug-likeness (QED) is 0.864. The Labute approximate surface area is 131 Å². The van der Waals surface area contributed by atoms with E-state index in [1.54, 1.807) is 0 Å². The first kappa shape index (κ1) is 16.4. The molecule has 2 aromatic carbocycles. The SMILES string of the molecule is NS(=O)(=O)c1cc(C(=O)OCc2ccc(F)cc2)ccc1Cl. The maximum atomic E-state index is 12.8. The maximum Gasteiger partial charge on any atom is 0.338 e. The molecule has 5 nitrogen and oxygen atoms in total. The summed E-state index contributed by atoms with van der Waals surface area (Å²) in [5.41, 5.74) is 0.589. The number of rotatable bonds is 4. The van der Waals surface area contributed by atoms with Crippen LogP contribution in [0.1, 0.15) is 15.9 Å². The van der Waals surface area contributed by atoms with E-state index in [0.717, 1.165) is 6.07 Å². The van der Waals surface area contributed by atoms with E-state index in [1.165, 1.54) is 36.4 Å². The van der Waals surface area contributed by atoms with Gasteiger partial charge in [-0.3, -0.25) is 0 Å². The highest BCUT2D eigenvalue weighted by Gasteiger charge is 2.17. The van der Waals surface area contributed by atoms with Crippen LogP contribution in [0.5, 0.6) is 0 Å². The lowest BCUT2D eigenvalue weighted by molar-refractivity contribution is 0.0472. The summed E-state index contributed by atoms with van der Waals surface area (Å²) in [5.74, 6) is -1.14. The first-order valence-electron chi connectivity index (χ1n) is 6.01. The minimum Gasteiger partial charge on any atom is -0.457 e. The van der Waals surface area contributed by atoms with E-state index in [1.807, 2.05) is 0 Å². The van der Waals surface area contributed by atoms with Crippen molar-refractivity contribution in [2.45, 2.75) is 11.5 Å². The summed E-state index contributed by atoms with van der Waals surface area (Å²) in [6, 6.07) is 9.04. The van der Waals surface area contributed by atoms with Crippen molar-refractivity contribution >= 4 is 27.6 Å². The molecule has 0 spiro atoms. The van der Waals surface area contributed by atoms with Crippen molar-refractivity contribution in [2.24, 2.45) is 5.14 Å². The molecule has 116 valence electrons. The van der Waals surface area contributed by atoms with E-state index in [4.69, 9.17) is 21.5 Å². The molecule has 2 aromatic rings. The zero-order chi connectivity index (χ0) is 16.3. The summed E-state index contributed by atoms with van der Waals surface area (Å²) < 4.78 is 40.5. The lowest BCUT2D eigenvalue weighted by Gasteiger charge is -2.07. The van der Waals surface area contributed by atoms with Crippen LogP contribution in [-0.4, -0.2) is 14.4 Å². The van der Waals surface area contributed by atoms with Gasteiger partial charge in [0.1, 0.15) is 17.3 Å². The molecule has 0 radical (unpaired) electrons. The van der Waals surface area contributed by atoms with Crippen molar-refractivity contribution in [3.05, 3.63) is 64.4 Å². The van der Waals surface area contributed by atoms with Crippen LogP contribution in [0.2, 0.25) is 5.02 Å². The van der Waals surface area contributed by atoms with E-state index in [-0.39, 0.29) is 22.1 Å². The van der Waals surface area contributed by atoms with Crippen LogP contribution in [0, 0.1) is 5.82 Å². The van der Waals surface area contributed by atoms with Gasteiger partial charge >= 0.3 is 5.97 Å². The average molecular weight is 344 g/mol. The Kier molecular flexibility index (Phi) is 4.80. The number of hydrogen-bond donors (Lipinski definition) is 1. The summed E-state index contributed by atoms with van der Waals surface area (Å²) >= 11 is 5.73. The minimum absolute atomic E-state index is 0.00413. The standard InChI is InChI=1S/C14H11ClFNO4S/c15-12-6-3-10(7-13(12)22(17,19)20)14(18)21-8-9-1-4-11(16)5-2-9/h1-7H,8H2,(H2,17,19,20). The zero-order valence-electron chi connectivity index (χ0n) is 11.1. The summed E-state index contributed by atoms with van der Waals surface area (Å²) in [6.07, 6.45) is 0. The van der Waals surface area contributed by atoms with Gasteiger partial charge in [-0.1, -0.05) is 23.7 Å². The Hall–Kier alpha value is -1.96. The average Bonchev–Trinajstić information content (AvgIpc) is 2.45. The number of benzene rings is 2. The van der Waals surface area contributed by atoms with Crippen molar-refractivity contribution in [1.29, 1.82) is 0 Å². The van der Waals surface area contributed by atoms with Crippen LogP contribution in [0.4, 0.5) is 4.39 Å². The first-order valence-corrected chi connectivity index (χ1v) is 7.94. The third-order valence-electron chi connectivity index (χ3n) is 2.76. The van der Waals surface area contributed by atoms with Crippen LogP contribution in [-0.2, 0) is 21.4 Å². The van der Waals surface area contributed by atoms with Gasteiger partial charge in [-0.05, 0) is 35.9 Å². The van der Waals surface area contributed by atoms with Gasteiger partial charge in [0.2, 0.25) is 10.0 Å². The van der Waals surface area contributed by atoms with Crippen molar-refractivity contribution in [3.63, 3.8) is 0 Å². The number of ether oxygens (including phenoxy) is 1. The molecule has 0 saturated carbocycles. The van der Waals surface area contributed by atoms with Gasteiger partial charge in [0.25, 0.3) is 0 Å². The summed E-state index contributed by atoms with van der Waals surface area (Å²) in [7, 11) is -4.04. The van der Waals surface area contributed by atoms with Crippen LogP contribution in [0.15, 0.2) is 47.4 Å². The van der Waals surface area contributed by atoms with Gasteiger partial charge in [0.15, 0.2) is 0 Å². The molecule has 0 unspecified atom stereocenters. The van der Waals surface area contributed by atoms with E-state index in [2.05, 4.69) is 0 Å². The number of hydrogen-bond acceptors (Lipinski definition) is 4. The monoisotopic (exact) mass is 343 g/mol. The number of primary sulfonamides is 1. The Balaban J connectivity index is 2.15. The number of nitrogens with two attached hydrogens (primary N) is 1. The van der Waals surface area contributed by atoms with E-state index >= 15 is 0 Å². The number of esters is 1. The second kappa shape index (κ2) is 6.43. The molecule has 0 saturated heterocycles. The fourth-order valence-electron chi connectivity index (χ4n) is 1.66. The Morgan fingerprint density at radius 1 is 1.18 bits per heavy atom. The largest absolute Gasteiger partial charge is 0.457 e. The minimum atomic E-state index is -4.04. The molecule has 0 amide bonds. The number of halogens is 2. The highest BCUT2D eigenvalue weighted by molar-refractivity contribution is 7.89. The molecule has 8 heteroatoms. The van der Waals surface area contributed by atoms with Crippen molar-refractivity contribution in [1.82, 2.24) is 0 Å². The molecule has 0 aliphatic rings. The lowest BCUT2D eigenvalue weighted by Crippen LogP contribution is -2.14. The molecule has 0 atom stereocenters. The van der Waals surface area contributed by atoms with Gasteiger partial charge in [-0.25, -0.2) is 22.7 Å². The van der Waals surface area contributed by atoms with Crippen LogP contribution in [0.25, 0.3) is 0 Å². The van der Waals surface area contributed by atoms with Crippen molar-refractivity contribution in [3.8, 4) is 0 Å². The molecule has 0 fully saturated rings. The van der Waals surface area contributed by atoms with Crippen molar-refractivity contribution < 1.29 is 22.3 Å². The highest BCUT2D eigenvalue weighted by Crippen LogP contribution is 2.22. The van der Waals surface area contributed by atoms with Gasteiger partial charge in [0.05, 0.1) is 10.6 Å². The lowest BCUT2D eigenvalue weighted by atomic mass is 10.2. The summed E-state index contributed by atoms with van der Waals surface area (Å²) in [4.78, 5) is 11.5. The molecule has 0 aliphatic heterocycles. The molecule has 0 aromatic heterocycles. The van der Waals surface area contributed by atoms with Gasteiger partial charge in [0, 0.05) is 0 Å². The maximum absolute atomic E-state index is 12.8. The summed E-state index contributed by atoms with van der Waals surface area (Å²) in [5, 5.41) is 4.92. The zero-order valence-corrected chi connectivity index (χ0v) is 12.7. The van der Waals surface area contributed by atoms with E-state index < -0.39 is 21.8 Å². The third-order valence-corrected chi connectivity index (χ3v) is 4.15. The third kappa shape index (κ3) is 4.03. The predicted octanol–water partition coefficient (Wildman–Crippen LogP) is 2.48. The molecule has 2 N–H and O–H groups in total. The molecule has 22 heavy (non-hydrogen) atoms. The first-order chi connectivity index (χ1) is 10.3. The van der Waals surface area contributed by atoms with Crippen LogP contribution < -0.4 is 5.14 Å². The van der Waals surface area contributed by atoms with Crippen LogP contribution in [0.3, 0.4) is 0 Å². The molecule has 0 heterocycles. The predicted molar refractivity (Wildman–Crippen MR) is 78.3 cm³/mol. The Morgan fingerprint density at radius 3 is 2.41 bits per heavy atom. The van der Waals surface area contributed by atoms with E-state index in [0.29, 0.717) is 5.56 Å². The van der Waals surface area contributed by atoms with Gasteiger partial charge in [-0.15, -0.1) is 0 Å². The number of carbonyl (C=O) groups is 1. The Morgan fingerprint density at radius 2 is 1.82 bits per heavy atom. The fourth-order valence-corrected chi connectivity index (χ4v) is 2.73. The second-order valence-electron chi connectivity index (χ2n) is 4.39. The van der Waals surface area contributed by atoms with E-state index in [9.17, 15) is 17.6 Å². The topological polar surface area (TPSA) is 86.5 Å². The number of sulfonamides is 1. The highest BCUT2D eigenvalue weighted by atomic mass is 35.5. The molecule has 2 rings (SSSR count). The van der Waals surface area contributed by atoms with Gasteiger partial charge in [-0.2, -0.15) is 0 Å². The van der Waals surface area contributed by atoms with Crippen LogP contribution >= 0.6 is 11.6 Å².